The Balaban J connectivity index is 1.61. The number of ether oxygens (including phenoxy) is 4. The minimum Gasteiger partial charge on any atom is -0.463 e. The maximum atomic E-state index is 14.4. The van der Waals surface area contributed by atoms with Crippen molar-refractivity contribution < 1.29 is 33.6 Å². The van der Waals surface area contributed by atoms with Crippen molar-refractivity contribution in [2.75, 3.05) is 54.0 Å². The Labute approximate surface area is 308 Å². The molecular formula is C41H69N3O7. The van der Waals surface area contributed by atoms with Crippen LogP contribution < -0.4 is 0 Å². The summed E-state index contributed by atoms with van der Waals surface area (Å²) in [6, 6.07) is 8.56. The quantitative estimate of drug-likeness (QED) is 0.258. The minimum atomic E-state index is -1.42. The summed E-state index contributed by atoms with van der Waals surface area (Å²) in [5.41, 5.74) is 0.514. The van der Waals surface area contributed by atoms with Crippen molar-refractivity contribution in [1.29, 1.82) is 0 Å². The molecule has 3 heterocycles. The first-order valence-electron chi connectivity index (χ1n) is 19.4. The Morgan fingerprint density at radius 3 is 2.41 bits per heavy atom. The number of carbonyl (C=O) groups is 2. The zero-order valence-electron chi connectivity index (χ0n) is 33.5. The van der Waals surface area contributed by atoms with Crippen molar-refractivity contribution in [2.24, 2.45) is 23.2 Å². The topological polar surface area (TPSA) is 101 Å². The number of benzene rings is 1. The van der Waals surface area contributed by atoms with Crippen LogP contribution in [0.15, 0.2) is 24.3 Å². The van der Waals surface area contributed by atoms with Gasteiger partial charge in [-0.2, -0.15) is 0 Å². The van der Waals surface area contributed by atoms with Gasteiger partial charge in [0.1, 0.15) is 18.1 Å². The maximum Gasteiger partial charge on any atom is 0.319 e. The highest BCUT2D eigenvalue weighted by atomic mass is 16.7. The second kappa shape index (κ2) is 17.9. The number of likely N-dealkylation sites (N-methyl/N-ethyl adjacent to an activating group) is 1. The van der Waals surface area contributed by atoms with E-state index < -0.39 is 41.4 Å². The molecule has 2 fully saturated rings. The Kier molecular flexibility index (Phi) is 14.7. The lowest BCUT2D eigenvalue weighted by Crippen LogP contribution is -2.59. The number of esters is 1. The molecule has 51 heavy (non-hydrogen) atoms. The number of methoxy groups -OCH3 is 1. The number of cyclic esters (lactones) is 1. The SMILES string of the molecule is CO[C@]1(C)C[C@@H](C)CN(CC(C)C)[C@H](CCCN2CCc3ccccc3C2)COC(=O)C(C)(C)C(=O)[C@H](C)[C@H]1O[C@@H]1O[C@H](C)C[C@H](N(C)C)[C@H]1O. The van der Waals surface area contributed by atoms with E-state index >= 15 is 0 Å². The number of fused-ring (bicyclic) bond motifs is 1. The lowest BCUT2D eigenvalue weighted by molar-refractivity contribution is -0.295. The number of rotatable bonds is 10. The number of ketones is 1. The molecule has 0 aromatic heterocycles. The lowest BCUT2D eigenvalue weighted by Gasteiger charge is -2.47. The number of hydrogen-bond donors (Lipinski definition) is 1. The summed E-state index contributed by atoms with van der Waals surface area (Å²) in [6.45, 7) is 20.6. The molecule has 0 saturated carbocycles. The summed E-state index contributed by atoms with van der Waals surface area (Å²) in [5, 5.41) is 11.4. The van der Waals surface area contributed by atoms with E-state index in [2.05, 4.69) is 54.8 Å². The van der Waals surface area contributed by atoms with E-state index in [4.69, 9.17) is 18.9 Å². The second-order valence-corrected chi connectivity index (χ2v) is 17.3. The van der Waals surface area contributed by atoms with Crippen LogP contribution in [0.3, 0.4) is 0 Å². The largest absolute Gasteiger partial charge is 0.463 e. The normalized spacial score (nSPS) is 34.8. The number of nitrogens with zero attached hydrogens (tertiary/aromatic N) is 3. The highest BCUT2D eigenvalue weighted by molar-refractivity contribution is 6.04. The van der Waals surface area contributed by atoms with Gasteiger partial charge in [-0.05, 0) is 103 Å². The van der Waals surface area contributed by atoms with Crippen LogP contribution in [0.1, 0.15) is 92.2 Å². The Bertz CT molecular complexity index is 1290. The van der Waals surface area contributed by atoms with Crippen LogP contribution in [0.2, 0.25) is 0 Å². The Morgan fingerprint density at radius 2 is 1.76 bits per heavy atom. The summed E-state index contributed by atoms with van der Waals surface area (Å²) < 4.78 is 25.4. The standard InChI is InChI=1S/C41H69N3O7/c1-27(2)23-44-24-28(3)22-41(8,48-11)37(51-38-35(45)34(42(9)10)21-29(4)50-38)30(5)36(46)40(6,7)39(47)49-26-33(44)17-14-19-43-20-18-31-15-12-13-16-32(31)25-43/h12-13,15-16,27-30,33-35,37-38,45H,14,17-26H2,1-11H3/t28-,29-,30+,33-,34+,35-,37-,38+,41-/m1/s1. The molecule has 1 N–H and O–H groups in total. The van der Waals surface area contributed by atoms with Gasteiger partial charge in [0.25, 0.3) is 0 Å². The monoisotopic (exact) mass is 716 g/mol. The van der Waals surface area contributed by atoms with Crippen molar-refractivity contribution in [3.05, 3.63) is 35.4 Å². The highest BCUT2D eigenvalue weighted by Crippen LogP contribution is 2.38. The fraction of sp³-hybridized carbons (Fsp3) is 0.805. The number of aliphatic hydroxyl groups excluding tert-OH is 1. The second-order valence-electron chi connectivity index (χ2n) is 17.3. The third-order valence-electron chi connectivity index (χ3n) is 11.7. The average Bonchev–Trinajstić information content (AvgIpc) is 3.07. The molecule has 290 valence electrons. The minimum absolute atomic E-state index is 0.0102. The third-order valence-corrected chi connectivity index (χ3v) is 11.7. The Hall–Kier alpha value is -1.92. The van der Waals surface area contributed by atoms with Gasteiger partial charge in [0.2, 0.25) is 0 Å². The van der Waals surface area contributed by atoms with Crippen molar-refractivity contribution in [2.45, 2.75) is 136 Å². The van der Waals surface area contributed by atoms with E-state index in [1.807, 2.05) is 32.8 Å². The zero-order chi connectivity index (χ0) is 37.7. The van der Waals surface area contributed by atoms with Gasteiger partial charge in [-0.15, -0.1) is 0 Å². The Morgan fingerprint density at radius 1 is 1.08 bits per heavy atom. The first-order valence-corrected chi connectivity index (χ1v) is 19.4. The van der Waals surface area contributed by atoms with E-state index in [1.165, 1.54) is 11.1 Å². The van der Waals surface area contributed by atoms with Gasteiger partial charge in [0, 0.05) is 51.3 Å². The summed E-state index contributed by atoms with van der Waals surface area (Å²) in [6.07, 6.45) is 1.34. The first kappa shape index (κ1) is 41.8. The van der Waals surface area contributed by atoms with Crippen LogP contribution in [-0.4, -0.2) is 128 Å². The number of hydrogen-bond acceptors (Lipinski definition) is 10. The molecule has 9 atom stereocenters. The van der Waals surface area contributed by atoms with Gasteiger partial charge in [-0.1, -0.05) is 52.0 Å². The number of aliphatic hydroxyl groups is 1. The molecule has 10 nitrogen and oxygen atoms in total. The van der Waals surface area contributed by atoms with Gasteiger partial charge >= 0.3 is 5.97 Å². The predicted molar refractivity (Wildman–Crippen MR) is 200 cm³/mol. The number of Topliss-reactive ketones (excluding diaryl/α,β-unsaturated/α-hetero) is 1. The van der Waals surface area contributed by atoms with Crippen molar-refractivity contribution in [3.63, 3.8) is 0 Å². The first-order chi connectivity index (χ1) is 24.0. The van der Waals surface area contributed by atoms with Crippen LogP contribution in [0, 0.1) is 23.2 Å². The van der Waals surface area contributed by atoms with Gasteiger partial charge in [0.05, 0.1) is 17.8 Å². The highest BCUT2D eigenvalue weighted by Gasteiger charge is 2.51. The van der Waals surface area contributed by atoms with Gasteiger partial charge in [-0.25, -0.2) is 0 Å². The molecule has 2 saturated heterocycles. The smallest absolute Gasteiger partial charge is 0.319 e. The lowest BCUT2D eigenvalue weighted by atomic mass is 9.74. The van der Waals surface area contributed by atoms with Gasteiger partial charge in [0.15, 0.2) is 12.1 Å². The van der Waals surface area contributed by atoms with Crippen LogP contribution in [0.4, 0.5) is 0 Å². The fourth-order valence-electron chi connectivity index (χ4n) is 8.73. The molecule has 0 amide bonds. The molecular weight excluding hydrogens is 646 g/mol. The van der Waals surface area contributed by atoms with Gasteiger partial charge in [-0.3, -0.25) is 19.4 Å². The summed E-state index contributed by atoms with van der Waals surface area (Å²) >= 11 is 0. The van der Waals surface area contributed by atoms with Crippen molar-refractivity contribution in [3.8, 4) is 0 Å². The molecule has 0 aliphatic carbocycles. The predicted octanol–water partition coefficient (Wildman–Crippen LogP) is 5.18. The molecule has 0 radical (unpaired) electrons. The van der Waals surface area contributed by atoms with E-state index in [-0.39, 0.29) is 36.5 Å². The molecule has 0 unspecified atom stereocenters. The summed E-state index contributed by atoms with van der Waals surface area (Å²) in [4.78, 5) is 35.3. The van der Waals surface area contributed by atoms with E-state index in [1.54, 1.807) is 27.9 Å². The molecule has 3 aliphatic rings. The molecule has 10 heteroatoms. The van der Waals surface area contributed by atoms with Crippen LogP contribution in [0.5, 0.6) is 0 Å². The number of carbonyl (C=O) groups excluding carboxylic acids is 2. The zero-order valence-corrected chi connectivity index (χ0v) is 33.5. The van der Waals surface area contributed by atoms with Crippen LogP contribution in [-0.2, 0) is 41.5 Å². The van der Waals surface area contributed by atoms with Gasteiger partial charge < -0.3 is 29.0 Å². The van der Waals surface area contributed by atoms with E-state index in [0.717, 1.165) is 52.0 Å². The molecule has 0 bridgehead atoms. The molecule has 0 spiro atoms. The van der Waals surface area contributed by atoms with Crippen LogP contribution >= 0.6 is 0 Å². The van der Waals surface area contributed by atoms with Crippen molar-refractivity contribution >= 4 is 11.8 Å². The molecule has 4 rings (SSSR count). The van der Waals surface area contributed by atoms with E-state index in [9.17, 15) is 14.7 Å². The summed E-state index contributed by atoms with van der Waals surface area (Å²) in [7, 11) is 5.53. The van der Waals surface area contributed by atoms with Crippen molar-refractivity contribution in [1.82, 2.24) is 14.7 Å². The molecule has 1 aromatic rings. The average molecular weight is 716 g/mol. The fourth-order valence-corrected chi connectivity index (χ4v) is 8.73. The maximum absolute atomic E-state index is 14.4. The molecule has 1 aromatic carbocycles. The molecule has 3 aliphatic heterocycles. The van der Waals surface area contributed by atoms with Crippen LogP contribution in [0.25, 0.3) is 0 Å². The third kappa shape index (κ3) is 10.4. The van der Waals surface area contributed by atoms with E-state index in [0.29, 0.717) is 18.8 Å². The summed E-state index contributed by atoms with van der Waals surface area (Å²) in [5.74, 6) is -1.01.